The smallest absolute Gasteiger partial charge is 0.120 e. The highest BCUT2D eigenvalue weighted by atomic mass is 79.9. The fraction of sp³-hybridized carbons (Fsp3) is 0.133. The van der Waals surface area contributed by atoms with E-state index in [1.807, 2.05) is 12.1 Å². The van der Waals surface area contributed by atoms with Gasteiger partial charge < -0.3 is 15.2 Å². The van der Waals surface area contributed by atoms with Gasteiger partial charge in [0.1, 0.15) is 17.6 Å². The molecule has 0 spiro atoms. The number of phenolic OH excluding ortho intramolecular Hbond substituents is 1. The van der Waals surface area contributed by atoms with E-state index in [4.69, 9.17) is 10.00 Å². The highest BCUT2D eigenvalue weighted by Gasteiger charge is 2.06. The van der Waals surface area contributed by atoms with Gasteiger partial charge in [-0.05, 0) is 36.4 Å². The number of benzene rings is 2. The number of hydrogen-bond acceptors (Lipinski definition) is 4. The van der Waals surface area contributed by atoms with Crippen LogP contribution in [-0.2, 0) is 6.54 Å². The lowest BCUT2D eigenvalue weighted by atomic mass is 10.1. The van der Waals surface area contributed by atoms with Gasteiger partial charge in [-0.1, -0.05) is 15.9 Å². The van der Waals surface area contributed by atoms with Gasteiger partial charge in [0.25, 0.3) is 0 Å². The molecule has 4 nitrogen and oxygen atoms in total. The molecule has 0 aromatic heterocycles. The number of nitrogens with one attached hydrogen (secondary N) is 1. The molecule has 0 amide bonds. The highest BCUT2D eigenvalue weighted by molar-refractivity contribution is 9.10. The van der Waals surface area contributed by atoms with Crippen molar-refractivity contribution in [2.24, 2.45) is 0 Å². The molecule has 0 unspecified atom stereocenters. The maximum absolute atomic E-state index is 9.82. The molecule has 2 aromatic carbocycles. The molecule has 0 heterocycles. The predicted molar refractivity (Wildman–Crippen MR) is 80.8 cm³/mol. The molecule has 2 aromatic rings. The molecular weight excluding hydrogens is 320 g/mol. The zero-order valence-electron chi connectivity index (χ0n) is 10.9. The number of aromatic hydroxyl groups is 1. The molecule has 0 atom stereocenters. The average Bonchev–Trinajstić information content (AvgIpc) is 2.46. The van der Waals surface area contributed by atoms with Crippen LogP contribution < -0.4 is 10.1 Å². The zero-order chi connectivity index (χ0) is 14.5. The Bertz CT molecular complexity index is 665. The lowest BCUT2D eigenvalue weighted by Crippen LogP contribution is -2.02. The van der Waals surface area contributed by atoms with Gasteiger partial charge in [-0.15, -0.1) is 0 Å². The van der Waals surface area contributed by atoms with Crippen molar-refractivity contribution in [3.05, 3.63) is 52.0 Å². The Hall–Kier alpha value is -2.19. The van der Waals surface area contributed by atoms with Crippen LogP contribution in [0.2, 0.25) is 0 Å². The Morgan fingerprint density at radius 1 is 1.30 bits per heavy atom. The van der Waals surface area contributed by atoms with Crippen LogP contribution in [-0.4, -0.2) is 12.2 Å². The zero-order valence-corrected chi connectivity index (χ0v) is 12.4. The lowest BCUT2D eigenvalue weighted by molar-refractivity contribution is 0.411. The van der Waals surface area contributed by atoms with E-state index in [0.717, 1.165) is 4.47 Å². The maximum Gasteiger partial charge on any atom is 0.120 e. The van der Waals surface area contributed by atoms with Crippen LogP contribution in [0.4, 0.5) is 5.69 Å². The molecular formula is C15H13BrN2O2. The SMILES string of the molecule is COc1ccc(O)c(CNc2cc(Br)ccc2C#N)c1. The number of halogens is 1. The maximum atomic E-state index is 9.82. The van der Waals surface area contributed by atoms with Gasteiger partial charge in [-0.3, -0.25) is 0 Å². The number of phenols is 1. The summed E-state index contributed by atoms with van der Waals surface area (Å²) in [4.78, 5) is 0. The Labute approximate surface area is 125 Å². The Balaban J connectivity index is 2.21. The minimum Gasteiger partial charge on any atom is -0.508 e. The third-order valence-corrected chi connectivity index (χ3v) is 3.35. The summed E-state index contributed by atoms with van der Waals surface area (Å²) in [6.45, 7) is 0.397. The molecule has 102 valence electrons. The fourth-order valence-corrected chi connectivity index (χ4v) is 2.14. The summed E-state index contributed by atoms with van der Waals surface area (Å²) in [5.41, 5.74) is 1.97. The van der Waals surface area contributed by atoms with Gasteiger partial charge in [0.2, 0.25) is 0 Å². The summed E-state index contributed by atoms with van der Waals surface area (Å²) < 4.78 is 6.01. The molecule has 0 radical (unpaired) electrons. The Kier molecular flexibility index (Phi) is 4.49. The third kappa shape index (κ3) is 3.22. The molecule has 2 N–H and O–H groups in total. The number of nitrogens with zero attached hydrogens (tertiary/aromatic N) is 1. The molecule has 0 aliphatic carbocycles. The number of anilines is 1. The van der Waals surface area contributed by atoms with Gasteiger partial charge in [0.05, 0.1) is 18.4 Å². The van der Waals surface area contributed by atoms with Crippen LogP contribution in [0.25, 0.3) is 0 Å². The van der Waals surface area contributed by atoms with Crippen molar-refractivity contribution in [3.63, 3.8) is 0 Å². The van der Waals surface area contributed by atoms with Crippen molar-refractivity contribution in [1.82, 2.24) is 0 Å². The summed E-state index contributed by atoms with van der Waals surface area (Å²) in [7, 11) is 1.58. The summed E-state index contributed by atoms with van der Waals surface area (Å²) >= 11 is 3.37. The van der Waals surface area contributed by atoms with E-state index in [1.165, 1.54) is 0 Å². The molecule has 0 aliphatic rings. The van der Waals surface area contributed by atoms with Gasteiger partial charge >= 0.3 is 0 Å². The first-order chi connectivity index (χ1) is 9.63. The summed E-state index contributed by atoms with van der Waals surface area (Å²) in [5, 5.41) is 22.0. The van der Waals surface area contributed by atoms with Crippen molar-refractivity contribution in [2.45, 2.75) is 6.54 Å². The molecule has 0 bridgehead atoms. The van der Waals surface area contributed by atoms with Crippen molar-refractivity contribution in [1.29, 1.82) is 5.26 Å². The summed E-state index contributed by atoms with van der Waals surface area (Å²) in [5.74, 6) is 0.862. The largest absolute Gasteiger partial charge is 0.508 e. The van der Waals surface area contributed by atoms with E-state index < -0.39 is 0 Å². The van der Waals surface area contributed by atoms with Crippen LogP contribution in [0.15, 0.2) is 40.9 Å². The number of rotatable bonds is 4. The van der Waals surface area contributed by atoms with E-state index in [9.17, 15) is 5.11 Å². The molecule has 2 rings (SSSR count). The van der Waals surface area contributed by atoms with E-state index in [-0.39, 0.29) is 5.75 Å². The van der Waals surface area contributed by atoms with Crippen LogP contribution in [0.1, 0.15) is 11.1 Å². The average molecular weight is 333 g/mol. The van der Waals surface area contributed by atoms with Crippen LogP contribution in [0.3, 0.4) is 0 Å². The molecule has 0 aliphatic heterocycles. The topological polar surface area (TPSA) is 65.3 Å². The van der Waals surface area contributed by atoms with Gasteiger partial charge in [-0.25, -0.2) is 0 Å². The van der Waals surface area contributed by atoms with E-state index in [1.54, 1.807) is 31.4 Å². The monoisotopic (exact) mass is 332 g/mol. The van der Waals surface area contributed by atoms with E-state index >= 15 is 0 Å². The number of hydrogen-bond donors (Lipinski definition) is 2. The van der Waals surface area contributed by atoms with Gasteiger partial charge in [-0.2, -0.15) is 5.26 Å². The van der Waals surface area contributed by atoms with Crippen molar-refractivity contribution >= 4 is 21.6 Å². The van der Waals surface area contributed by atoms with Crippen LogP contribution in [0.5, 0.6) is 11.5 Å². The van der Waals surface area contributed by atoms with E-state index in [0.29, 0.717) is 29.1 Å². The Morgan fingerprint density at radius 2 is 2.10 bits per heavy atom. The van der Waals surface area contributed by atoms with E-state index in [2.05, 4.69) is 27.3 Å². The van der Waals surface area contributed by atoms with Crippen LogP contribution >= 0.6 is 15.9 Å². The number of methoxy groups -OCH3 is 1. The second-order valence-corrected chi connectivity index (χ2v) is 5.07. The molecule has 0 fully saturated rings. The minimum absolute atomic E-state index is 0.187. The van der Waals surface area contributed by atoms with Crippen molar-refractivity contribution in [2.75, 3.05) is 12.4 Å². The standard InChI is InChI=1S/C15H13BrN2O2/c1-20-13-4-5-15(19)11(6-13)9-18-14-7-12(16)3-2-10(14)8-17/h2-7,18-19H,9H2,1H3. The Morgan fingerprint density at radius 3 is 2.80 bits per heavy atom. The summed E-state index contributed by atoms with van der Waals surface area (Å²) in [6.07, 6.45) is 0. The molecule has 0 saturated carbocycles. The van der Waals surface area contributed by atoms with Crippen molar-refractivity contribution in [3.8, 4) is 17.6 Å². The second-order valence-electron chi connectivity index (χ2n) is 4.15. The third-order valence-electron chi connectivity index (χ3n) is 2.86. The first-order valence-electron chi connectivity index (χ1n) is 5.93. The fourth-order valence-electron chi connectivity index (χ4n) is 1.78. The molecule has 20 heavy (non-hydrogen) atoms. The molecule has 5 heteroatoms. The first kappa shape index (κ1) is 14.2. The minimum atomic E-state index is 0.187. The second kappa shape index (κ2) is 6.31. The highest BCUT2D eigenvalue weighted by Crippen LogP contribution is 2.26. The normalized spacial score (nSPS) is 9.85. The van der Waals surface area contributed by atoms with Crippen molar-refractivity contribution < 1.29 is 9.84 Å². The van der Waals surface area contributed by atoms with Crippen LogP contribution in [0, 0.1) is 11.3 Å². The molecule has 0 saturated heterocycles. The van der Waals surface area contributed by atoms with Gasteiger partial charge in [0.15, 0.2) is 0 Å². The number of nitriles is 1. The quantitative estimate of drug-likeness (QED) is 0.896. The number of ether oxygens (including phenoxy) is 1. The predicted octanol–water partition coefficient (Wildman–Crippen LogP) is 3.65. The van der Waals surface area contributed by atoms with Gasteiger partial charge in [0, 0.05) is 16.6 Å². The first-order valence-corrected chi connectivity index (χ1v) is 6.72. The summed E-state index contributed by atoms with van der Waals surface area (Å²) in [6, 6.07) is 12.5. The lowest BCUT2D eigenvalue weighted by Gasteiger charge is -2.11.